The van der Waals surface area contributed by atoms with Gasteiger partial charge in [-0.2, -0.15) is 0 Å². The highest BCUT2D eigenvalue weighted by Gasteiger charge is 2.52. The second kappa shape index (κ2) is 6.27. The summed E-state index contributed by atoms with van der Waals surface area (Å²) in [5, 5.41) is 0. The molecule has 0 N–H and O–H groups in total. The van der Waals surface area contributed by atoms with Crippen LogP contribution in [0.2, 0.25) is 0 Å². The molecule has 1 aliphatic rings. The van der Waals surface area contributed by atoms with Gasteiger partial charge >= 0.3 is 13.1 Å². The third-order valence-corrected chi connectivity index (χ3v) is 4.17. The molecule has 0 bridgehead atoms. The van der Waals surface area contributed by atoms with E-state index in [1.807, 2.05) is 58.0 Å². The number of benzene rings is 1. The second-order valence-corrected chi connectivity index (χ2v) is 6.31. The summed E-state index contributed by atoms with van der Waals surface area (Å²) in [7, 11) is -0.600. The Bertz CT molecular complexity index is 547. The van der Waals surface area contributed by atoms with Gasteiger partial charge in [0.15, 0.2) is 0 Å². The van der Waals surface area contributed by atoms with Crippen LogP contribution in [0.15, 0.2) is 36.4 Å². The molecule has 22 heavy (non-hydrogen) atoms. The van der Waals surface area contributed by atoms with Gasteiger partial charge in [0.25, 0.3) is 0 Å². The average Bonchev–Trinajstić information content (AvgIpc) is 2.66. The number of esters is 1. The molecule has 0 aliphatic carbocycles. The normalized spacial score (nSPS) is 20.0. The Kier molecular flexibility index (Phi) is 4.78. The van der Waals surface area contributed by atoms with Crippen LogP contribution in [0.4, 0.5) is 0 Å². The molecule has 0 unspecified atom stereocenters. The summed E-state index contributed by atoms with van der Waals surface area (Å²) in [5.74, 6) is -0.393. The first-order valence-electron chi connectivity index (χ1n) is 7.56. The van der Waals surface area contributed by atoms with Crippen LogP contribution in [-0.4, -0.2) is 30.9 Å². The van der Waals surface area contributed by atoms with Crippen molar-refractivity contribution < 1.29 is 18.8 Å². The molecule has 0 radical (unpaired) electrons. The smallest absolute Gasteiger partial charge is 0.463 e. The fourth-order valence-electron chi connectivity index (χ4n) is 2.20. The fraction of sp³-hybridized carbons (Fsp3) is 0.471. The molecule has 0 aromatic heterocycles. The number of hydrogen-bond donors (Lipinski definition) is 0. The maximum Gasteiger partial charge on any atom is 0.495 e. The number of rotatable bonds is 4. The van der Waals surface area contributed by atoms with Gasteiger partial charge in [0.05, 0.1) is 17.8 Å². The molecule has 118 valence electrons. The van der Waals surface area contributed by atoms with Crippen LogP contribution in [0.3, 0.4) is 0 Å². The third kappa shape index (κ3) is 3.42. The summed E-state index contributed by atoms with van der Waals surface area (Å²) in [4.78, 5) is 11.9. The molecule has 5 heteroatoms. The summed E-state index contributed by atoms with van der Waals surface area (Å²) in [6.07, 6.45) is 1.46. The lowest BCUT2D eigenvalue weighted by molar-refractivity contribution is -0.137. The maximum atomic E-state index is 11.9. The Morgan fingerprint density at radius 1 is 1.14 bits per heavy atom. The first kappa shape index (κ1) is 16.8. The first-order chi connectivity index (χ1) is 10.3. The van der Waals surface area contributed by atoms with Crippen LogP contribution in [0.1, 0.15) is 40.2 Å². The molecule has 1 heterocycles. The molecular formula is C17H23BO4. The zero-order valence-electron chi connectivity index (χ0n) is 13.9. The van der Waals surface area contributed by atoms with Crippen LogP contribution in [0, 0.1) is 0 Å². The van der Waals surface area contributed by atoms with Gasteiger partial charge in [0.2, 0.25) is 0 Å². The highest BCUT2D eigenvalue weighted by atomic mass is 16.7. The van der Waals surface area contributed by atoms with Gasteiger partial charge < -0.3 is 14.0 Å². The van der Waals surface area contributed by atoms with Gasteiger partial charge in [0.1, 0.15) is 0 Å². The summed E-state index contributed by atoms with van der Waals surface area (Å²) in [5.41, 5.74) is 0.646. The Labute approximate surface area is 132 Å². The molecule has 1 aliphatic heterocycles. The molecule has 1 aromatic rings. The molecule has 0 saturated carbocycles. The molecule has 0 spiro atoms. The van der Waals surface area contributed by atoms with Gasteiger partial charge in [-0.1, -0.05) is 30.3 Å². The van der Waals surface area contributed by atoms with Crippen LogP contribution in [0.5, 0.6) is 0 Å². The van der Waals surface area contributed by atoms with Crippen molar-refractivity contribution in [3.05, 3.63) is 42.0 Å². The third-order valence-electron chi connectivity index (χ3n) is 4.17. The van der Waals surface area contributed by atoms with E-state index in [1.165, 1.54) is 6.08 Å². The molecule has 0 atom stereocenters. The van der Waals surface area contributed by atoms with Crippen molar-refractivity contribution in [2.24, 2.45) is 0 Å². The van der Waals surface area contributed by atoms with Crippen molar-refractivity contribution in [1.82, 2.24) is 0 Å². The van der Waals surface area contributed by atoms with Crippen molar-refractivity contribution in [2.75, 3.05) is 6.61 Å². The monoisotopic (exact) mass is 302 g/mol. The van der Waals surface area contributed by atoms with Crippen molar-refractivity contribution in [2.45, 2.75) is 45.8 Å². The number of carbonyl (C=O) groups excluding carboxylic acids is 1. The first-order valence-corrected chi connectivity index (χ1v) is 7.56. The minimum absolute atomic E-state index is 0.334. The summed E-state index contributed by atoms with van der Waals surface area (Å²) in [6.45, 7) is 10.1. The SMILES string of the molecule is CCOC(=O)/C=C(/B1OC(C)(C)C(C)(C)O1)c1ccccc1. The number of ether oxygens (including phenoxy) is 1. The van der Waals surface area contributed by atoms with E-state index in [9.17, 15) is 4.79 Å². The zero-order valence-corrected chi connectivity index (χ0v) is 13.9. The zero-order chi connectivity index (χ0) is 16.4. The minimum atomic E-state index is -0.600. The van der Waals surface area contributed by atoms with Crippen LogP contribution in [-0.2, 0) is 18.8 Å². The molecule has 1 saturated heterocycles. The summed E-state index contributed by atoms with van der Waals surface area (Å²) in [6, 6.07) is 9.61. The highest BCUT2D eigenvalue weighted by molar-refractivity contribution is 6.69. The lowest BCUT2D eigenvalue weighted by Gasteiger charge is -2.32. The van der Waals surface area contributed by atoms with Gasteiger partial charge in [-0.05, 0) is 45.7 Å². The van der Waals surface area contributed by atoms with E-state index >= 15 is 0 Å². The van der Waals surface area contributed by atoms with Gasteiger partial charge in [-0.25, -0.2) is 4.79 Å². The molecule has 2 rings (SSSR count). The van der Waals surface area contributed by atoms with E-state index in [4.69, 9.17) is 14.0 Å². The van der Waals surface area contributed by atoms with E-state index in [0.717, 1.165) is 5.56 Å². The Morgan fingerprint density at radius 3 is 2.18 bits per heavy atom. The molecule has 1 aromatic carbocycles. The van der Waals surface area contributed by atoms with E-state index in [0.29, 0.717) is 12.1 Å². The quantitative estimate of drug-likeness (QED) is 0.486. The van der Waals surface area contributed by atoms with Crippen LogP contribution in [0.25, 0.3) is 5.47 Å². The van der Waals surface area contributed by atoms with Crippen LogP contribution >= 0.6 is 0 Å². The molecular weight excluding hydrogens is 279 g/mol. The number of hydrogen-bond acceptors (Lipinski definition) is 4. The lowest BCUT2D eigenvalue weighted by atomic mass is 9.74. The standard InChI is InChI=1S/C17H23BO4/c1-6-20-15(19)12-14(13-10-8-7-9-11-13)18-21-16(2,3)17(4,5)22-18/h7-12H,6H2,1-5H3/b14-12+. The van der Waals surface area contributed by atoms with Crippen molar-refractivity contribution >= 4 is 18.6 Å². The topological polar surface area (TPSA) is 44.8 Å². The molecule has 4 nitrogen and oxygen atoms in total. The predicted molar refractivity (Wildman–Crippen MR) is 87.1 cm³/mol. The average molecular weight is 302 g/mol. The van der Waals surface area contributed by atoms with Gasteiger partial charge in [-0.3, -0.25) is 0 Å². The van der Waals surface area contributed by atoms with Crippen molar-refractivity contribution in [3.8, 4) is 0 Å². The minimum Gasteiger partial charge on any atom is -0.463 e. The summed E-state index contributed by atoms with van der Waals surface area (Å²) < 4.78 is 17.2. The Morgan fingerprint density at radius 2 is 1.68 bits per heavy atom. The van der Waals surface area contributed by atoms with E-state index in [2.05, 4.69) is 0 Å². The van der Waals surface area contributed by atoms with Crippen LogP contribution < -0.4 is 0 Å². The predicted octanol–water partition coefficient (Wildman–Crippen LogP) is 3.26. The van der Waals surface area contributed by atoms with E-state index in [1.54, 1.807) is 6.92 Å². The Hall–Kier alpha value is -1.59. The maximum absolute atomic E-state index is 11.9. The van der Waals surface area contributed by atoms with Crippen molar-refractivity contribution in [3.63, 3.8) is 0 Å². The highest BCUT2D eigenvalue weighted by Crippen LogP contribution is 2.40. The summed E-state index contributed by atoms with van der Waals surface area (Å²) >= 11 is 0. The Balaban J connectivity index is 2.37. The lowest BCUT2D eigenvalue weighted by Crippen LogP contribution is -2.41. The fourth-order valence-corrected chi connectivity index (χ4v) is 2.20. The van der Waals surface area contributed by atoms with Gasteiger partial charge in [-0.15, -0.1) is 0 Å². The van der Waals surface area contributed by atoms with E-state index in [-0.39, 0.29) is 0 Å². The van der Waals surface area contributed by atoms with E-state index < -0.39 is 24.3 Å². The van der Waals surface area contributed by atoms with Crippen molar-refractivity contribution in [1.29, 1.82) is 0 Å². The second-order valence-electron chi connectivity index (χ2n) is 6.31. The number of carbonyl (C=O) groups is 1. The molecule has 0 amide bonds. The molecule has 1 fully saturated rings. The van der Waals surface area contributed by atoms with Gasteiger partial charge in [0, 0.05) is 6.08 Å². The largest absolute Gasteiger partial charge is 0.495 e.